The molecule has 0 radical (unpaired) electrons. The van der Waals surface area contributed by atoms with E-state index in [4.69, 9.17) is 21.6 Å². The largest absolute Gasteiger partial charge is 0.479 e. The average molecular weight is 398 g/mol. The van der Waals surface area contributed by atoms with Gasteiger partial charge in [-0.25, -0.2) is 4.99 Å². The standard InChI is InChI=1S/C20H16ClN3O2S/c1-2-24-19(25)18(12-14-6-8-17(9-7-14)26-11-10-22)27-20(24)23-16-5-3-4-15(21)13-16/h3-9,12-13H,2,11H2,1H3/b18-12+,23-20?. The molecule has 1 aliphatic heterocycles. The smallest absolute Gasteiger partial charge is 0.266 e. The number of aliphatic imine (C=N–C) groups is 1. The van der Waals surface area contributed by atoms with Crippen molar-refractivity contribution in [2.45, 2.75) is 6.92 Å². The molecule has 0 spiro atoms. The van der Waals surface area contributed by atoms with E-state index >= 15 is 0 Å². The Labute approximate surface area is 166 Å². The molecule has 0 saturated carbocycles. The van der Waals surface area contributed by atoms with Crippen LogP contribution in [0.2, 0.25) is 5.02 Å². The fourth-order valence-electron chi connectivity index (χ4n) is 2.45. The third-order valence-corrected chi connectivity index (χ3v) is 4.96. The summed E-state index contributed by atoms with van der Waals surface area (Å²) in [5.41, 5.74) is 1.58. The highest BCUT2D eigenvalue weighted by Gasteiger charge is 2.32. The summed E-state index contributed by atoms with van der Waals surface area (Å²) in [6, 6.07) is 16.4. The highest BCUT2D eigenvalue weighted by molar-refractivity contribution is 8.18. The molecular formula is C20H16ClN3O2S. The van der Waals surface area contributed by atoms with Crippen LogP contribution in [-0.2, 0) is 4.79 Å². The van der Waals surface area contributed by atoms with Gasteiger partial charge >= 0.3 is 0 Å². The van der Waals surface area contributed by atoms with Crippen molar-refractivity contribution in [2.75, 3.05) is 13.2 Å². The zero-order valence-corrected chi connectivity index (χ0v) is 16.1. The first-order valence-electron chi connectivity index (χ1n) is 8.26. The lowest BCUT2D eigenvalue weighted by Crippen LogP contribution is -2.28. The first-order chi connectivity index (χ1) is 13.1. The van der Waals surface area contributed by atoms with Gasteiger partial charge in [0.1, 0.15) is 11.8 Å². The van der Waals surface area contributed by atoms with Gasteiger partial charge in [-0.2, -0.15) is 5.26 Å². The van der Waals surface area contributed by atoms with Crippen LogP contribution in [0.5, 0.6) is 5.75 Å². The normalized spacial score (nSPS) is 16.8. The van der Waals surface area contributed by atoms with Crippen LogP contribution >= 0.6 is 23.4 Å². The number of hydrogen-bond donors (Lipinski definition) is 0. The molecule has 5 nitrogen and oxygen atoms in total. The number of amides is 1. The Kier molecular flexibility index (Phi) is 6.17. The molecule has 1 fully saturated rings. The zero-order valence-electron chi connectivity index (χ0n) is 14.6. The Morgan fingerprint density at radius 1 is 1.30 bits per heavy atom. The molecule has 1 aliphatic rings. The third-order valence-electron chi connectivity index (χ3n) is 3.72. The van der Waals surface area contributed by atoms with E-state index in [1.54, 1.807) is 29.2 Å². The van der Waals surface area contributed by atoms with Crippen molar-refractivity contribution in [1.82, 2.24) is 4.90 Å². The van der Waals surface area contributed by atoms with E-state index in [0.29, 0.717) is 33.1 Å². The molecule has 3 rings (SSSR count). The number of carbonyl (C=O) groups is 1. The highest BCUT2D eigenvalue weighted by atomic mass is 35.5. The first kappa shape index (κ1) is 19.0. The molecule has 2 aromatic rings. The van der Waals surface area contributed by atoms with Crippen LogP contribution in [-0.4, -0.2) is 29.1 Å². The van der Waals surface area contributed by atoms with Crippen molar-refractivity contribution in [3.8, 4) is 11.8 Å². The van der Waals surface area contributed by atoms with Gasteiger partial charge in [-0.3, -0.25) is 9.69 Å². The van der Waals surface area contributed by atoms with Crippen LogP contribution in [0.3, 0.4) is 0 Å². The van der Waals surface area contributed by atoms with Crippen LogP contribution in [0.1, 0.15) is 12.5 Å². The van der Waals surface area contributed by atoms with Crippen LogP contribution < -0.4 is 4.74 Å². The molecular weight excluding hydrogens is 382 g/mol. The number of thioether (sulfide) groups is 1. The summed E-state index contributed by atoms with van der Waals surface area (Å²) in [5.74, 6) is 0.538. The number of halogens is 1. The minimum Gasteiger partial charge on any atom is -0.479 e. The molecule has 1 amide bonds. The molecule has 7 heteroatoms. The van der Waals surface area contributed by atoms with E-state index < -0.39 is 0 Å². The monoisotopic (exact) mass is 397 g/mol. The van der Waals surface area contributed by atoms with Crippen molar-refractivity contribution in [3.05, 3.63) is 64.0 Å². The van der Waals surface area contributed by atoms with E-state index in [1.807, 2.05) is 43.3 Å². The second kappa shape index (κ2) is 8.76. The van der Waals surface area contributed by atoms with Gasteiger partial charge in [0.05, 0.1) is 10.6 Å². The Bertz CT molecular complexity index is 948. The van der Waals surface area contributed by atoms with Crippen molar-refractivity contribution in [2.24, 2.45) is 4.99 Å². The van der Waals surface area contributed by atoms with E-state index in [9.17, 15) is 4.79 Å². The van der Waals surface area contributed by atoms with Crippen LogP contribution in [0.4, 0.5) is 5.69 Å². The fourth-order valence-corrected chi connectivity index (χ4v) is 3.70. The van der Waals surface area contributed by atoms with Crippen LogP contribution in [0, 0.1) is 11.3 Å². The quantitative estimate of drug-likeness (QED) is 0.675. The van der Waals surface area contributed by atoms with Gasteiger partial charge in [-0.15, -0.1) is 0 Å². The third kappa shape index (κ3) is 4.70. The van der Waals surface area contributed by atoms with Gasteiger partial charge in [-0.1, -0.05) is 29.8 Å². The molecule has 2 aromatic carbocycles. The Morgan fingerprint density at radius 3 is 2.74 bits per heavy atom. The molecule has 0 bridgehead atoms. The zero-order chi connectivity index (χ0) is 19.2. The van der Waals surface area contributed by atoms with Crippen molar-refractivity contribution >= 4 is 46.2 Å². The maximum atomic E-state index is 12.7. The van der Waals surface area contributed by atoms with E-state index in [2.05, 4.69) is 4.99 Å². The summed E-state index contributed by atoms with van der Waals surface area (Å²) < 4.78 is 5.24. The minimum atomic E-state index is -0.0758. The lowest BCUT2D eigenvalue weighted by molar-refractivity contribution is -0.122. The van der Waals surface area contributed by atoms with Gasteiger partial charge in [-0.05, 0) is 60.7 Å². The Balaban J connectivity index is 1.83. The van der Waals surface area contributed by atoms with Gasteiger partial charge in [0, 0.05) is 11.6 Å². The lowest BCUT2D eigenvalue weighted by Gasteiger charge is -2.12. The molecule has 0 N–H and O–H groups in total. The number of rotatable bonds is 5. The predicted molar refractivity (Wildman–Crippen MR) is 109 cm³/mol. The second-order valence-electron chi connectivity index (χ2n) is 5.55. The van der Waals surface area contributed by atoms with Crippen LogP contribution in [0.15, 0.2) is 58.4 Å². The number of nitrogens with zero attached hydrogens (tertiary/aromatic N) is 3. The Morgan fingerprint density at radius 2 is 2.07 bits per heavy atom. The summed E-state index contributed by atoms with van der Waals surface area (Å²) in [4.78, 5) is 19.5. The highest BCUT2D eigenvalue weighted by Crippen LogP contribution is 2.34. The second-order valence-corrected chi connectivity index (χ2v) is 7.00. The van der Waals surface area contributed by atoms with Crippen LogP contribution in [0.25, 0.3) is 6.08 Å². The molecule has 0 aliphatic carbocycles. The number of ether oxygens (including phenoxy) is 1. The van der Waals surface area contributed by atoms with Gasteiger partial charge in [0.2, 0.25) is 0 Å². The predicted octanol–water partition coefficient (Wildman–Crippen LogP) is 4.87. The SMILES string of the molecule is CCN1C(=O)/C(=C\c2ccc(OCC#N)cc2)SC1=Nc1cccc(Cl)c1. The first-order valence-corrected chi connectivity index (χ1v) is 9.45. The van der Waals surface area contributed by atoms with Crippen molar-refractivity contribution in [3.63, 3.8) is 0 Å². The number of amidine groups is 1. The van der Waals surface area contributed by atoms with Gasteiger partial charge < -0.3 is 4.74 Å². The fraction of sp³-hybridized carbons (Fsp3) is 0.150. The lowest BCUT2D eigenvalue weighted by atomic mass is 10.2. The molecule has 0 atom stereocenters. The number of carbonyl (C=O) groups excluding carboxylic acids is 1. The number of nitriles is 1. The molecule has 1 saturated heterocycles. The molecule has 27 heavy (non-hydrogen) atoms. The summed E-state index contributed by atoms with van der Waals surface area (Å²) in [6.45, 7) is 2.45. The van der Waals surface area contributed by atoms with E-state index in [-0.39, 0.29) is 12.5 Å². The number of hydrogen-bond acceptors (Lipinski definition) is 5. The van der Waals surface area contributed by atoms with E-state index in [1.165, 1.54) is 11.8 Å². The number of likely N-dealkylation sites (N-methyl/N-ethyl adjacent to an activating group) is 1. The summed E-state index contributed by atoms with van der Waals surface area (Å²) in [7, 11) is 0. The van der Waals surface area contributed by atoms with Crippen molar-refractivity contribution < 1.29 is 9.53 Å². The summed E-state index contributed by atoms with van der Waals surface area (Å²) >= 11 is 7.35. The maximum Gasteiger partial charge on any atom is 0.266 e. The van der Waals surface area contributed by atoms with Gasteiger partial charge in [0.25, 0.3) is 5.91 Å². The molecule has 0 aromatic heterocycles. The Hall–Kier alpha value is -2.75. The van der Waals surface area contributed by atoms with Crippen molar-refractivity contribution in [1.29, 1.82) is 5.26 Å². The van der Waals surface area contributed by atoms with Gasteiger partial charge in [0.15, 0.2) is 11.8 Å². The number of benzene rings is 2. The minimum absolute atomic E-state index is 0.00353. The van der Waals surface area contributed by atoms with E-state index in [0.717, 1.165) is 5.56 Å². The molecule has 136 valence electrons. The summed E-state index contributed by atoms with van der Waals surface area (Å²) in [6.07, 6.45) is 1.82. The maximum absolute atomic E-state index is 12.7. The topological polar surface area (TPSA) is 65.7 Å². The molecule has 0 unspecified atom stereocenters. The molecule has 1 heterocycles. The summed E-state index contributed by atoms with van der Waals surface area (Å²) in [5, 5.41) is 9.78. The average Bonchev–Trinajstić information content (AvgIpc) is 2.95.